The molecule has 33 heavy (non-hydrogen) atoms. The van der Waals surface area contributed by atoms with Crippen molar-refractivity contribution < 1.29 is 22.8 Å². The minimum atomic E-state index is -4.44. The second kappa shape index (κ2) is 10.2. The molecule has 0 aliphatic carbocycles. The minimum Gasteiger partial charge on any atom is -0.342 e. The van der Waals surface area contributed by atoms with Crippen molar-refractivity contribution in [1.29, 1.82) is 0 Å². The van der Waals surface area contributed by atoms with Crippen LogP contribution in [0.3, 0.4) is 0 Å². The van der Waals surface area contributed by atoms with Crippen LogP contribution in [0.2, 0.25) is 0 Å². The number of amides is 2. The number of hydrogen-bond acceptors (Lipinski definition) is 5. The maximum Gasteiger partial charge on any atom is 0.416 e. The van der Waals surface area contributed by atoms with Gasteiger partial charge in [-0.2, -0.15) is 13.2 Å². The average molecular weight is 481 g/mol. The molecule has 178 valence electrons. The van der Waals surface area contributed by atoms with E-state index in [1.165, 1.54) is 24.2 Å². The number of likely N-dealkylation sites (tertiary alicyclic amines) is 2. The molecule has 1 aromatic heterocycles. The van der Waals surface area contributed by atoms with Gasteiger partial charge in [0.2, 0.25) is 5.91 Å². The molecule has 0 saturated carbocycles. The fraction of sp³-hybridized carbons (Fsp3) is 0.522. The van der Waals surface area contributed by atoms with Crippen LogP contribution in [0.15, 0.2) is 29.6 Å². The summed E-state index contributed by atoms with van der Waals surface area (Å²) in [6.45, 7) is 2.85. The minimum absolute atomic E-state index is 0.0221. The molecule has 1 N–H and O–H groups in total. The third-order valence-corrected chi connectivity index (χ3v) is 6.99. The summed E-state index contributed by atoms with van der Waals surface area (Å²) in [5, 5.41) is 4.93. The number of halogens is 3. The van der Waals surface area contributed by atoms with Crippen molar-refractivity contribution in [2.75, 3.05) is 31.5 Å². The van der Waals surface area contributed by atoms with Crippen molar-refractivity contribution >= 4 is 28.3 Å². The Morgan fingerprint density at radius 2 is 1.73 bits per heavy atom. The Labute approximate surface area is 194 Å². The number of anilines is 1. The van der Waals surface area contributed by atoms with Crippen molar-refractivity contribution in [3.63, 3.8) is 0 Å². The van der Waals surface area contributed by atoms with E-state index in [-0.39, 0.29) is 17.5 Å². The molecule has 0 spiro atoms. The maximum atomic E-state index is 12.8. The fourth-order valence-electron chi connectivity index (χ4n) is 4.42. The fourth-order valence-corrected chi connectivity index (χ4v) is 5.17. The molecule has 1 aromatic carbocycles. The van der Waals surface area contributed by atoms with E-state index in [0.29, 0.717) is 11.7 Å². The lowest BCUT2D eigenvalue weighted by Gasteiger charge is -2.27. The second-order valence-corrected chi connectivity index (χ2v) is 9.39. The van der Waals surface area contributed by atoms with Crippen LogP contribution in [0.25, 0.3) is 0 Å². The Balaban J connectivity index is 1.36. The summed E-state index contributed by atoms with van der Waals surface area (Å²) in [5.74, 6) is -0.348. The quantitative estimate of drug-likeness (QED) is 0.658. The van der Waals surface area contributed by atoms with Gasteiger partial charge in [0.25, 0.3) is 5.91 Å². The molecule has 0 unspecified atom stereocenters. The number of nitrogens with one attached hydrogen (secondary N) is 1. The third kappa shape index (κ3) is 5.92. The Kier molecular flexibility index (Phi) is 7.33. The van der Waals surface area contributed by atoms with Crippen molar-refractivity contribution in [1.82, 2.24) is 14.8 Å². The second-order valence-electron chi connectivity index (χ2n) is 8.53. The molecule has 1 atom stereocenters. The largest absolute Gasteiger partial charge is 0.416 e. The van der Waals surface area contributed by atoms with Gasteiger partial charge in [0, 0.05) is 24.0 Å². The van der Waals surface area contributed by atoms with Crippen LogP contribution in [0, 0.1) is 0 Å². The molecular weight excluding hydrogens is 453 g/mol. The average Bonchev–Trinajstić information content (AvgIpc) is 3.34. The van der Waals surface area contributed by atoms with E-state index in [1.54, 1.807) is 0 Å². The number of benzene rings is 1. The van der Waals surface area contributed by atoms with Gasteiger partial charge in [-0.1, -0.05) is 12.8 Å². The molecule has 2 saturated heterocycles. The molecular formula is C23H27F3N4O2S. The van der Waals surface area contributed by atoms with Gasteiger partial charge >= 0.3 is 6.18 Å². The Morgan fingerprint density at radius 3 is 2.39 bits per heavy atom. The van der Waals surface area contributed by atoms with Crippen LogP contribution in [-0.2, 0) is 11.0 Å². The first-order valence-electron chi connectivity index (χ1n) is 11.3. The molecule has 2 amide bonds. The predicted octanol–water partition coefficient (Wildman–Crippen LogP) is 4.95. The summed E-state index contributed by atoms with van der Waals surface area (Å²) in [4.78, 5) is 33.9. The van der Waals surface area contributed by atoms with Crippen molar-refractivity contribution in [2.24, 2.45) is 0 Å². The van der Waals surface area contributed by atoms with Crippen LogP contribution in [0.5, 0.6) is 0 Å². The summed E-state index contributed by atoms with van der Waals surface area (Å²) in [6, 6.07) is 4.10. The number of hydrogen-bond donors (Lipinski definition) is 1. The molecule has 2 fully saturated rings. The molecule has 0 bridgehead atoms. The highest BCUT2D eigenvalue weighted by molar-refractivity contribution is 7.14. The van der Waals surface area contributed by atoms with Crippen molar-refractivity contribution in [3.8, 4) is 0 Å². The topological polar surface area (TPSA) is 65.5 Å². The zero-order chi connectivity index (χ0) is 23.4. The lowest BCUT2D eigenvalue weighted by molar-refractivity contribution is -0.137. The molecule has 10 heteroatoms. The molecule has 6 nitrogen and oxygen atoms in total. The number of alkyl halides is 3. The van der Waals surface area contributed by atoms with Crippen LogP contribution in [-0.4, -0.2) is 52.8 Å². The normalized spacial score (nSPS) is 20.0. The number of rotatable bonds is 5. The monoisotopic (exact) mass is 480 g/mol. The van der Waals surface area contributed by atoms with Gasteiger partial charge in [0.05, 0.1) is 23.8 Å². The Morgan fingerprint density at radius 1 is 1.03 bits per heavy atom. The molecule has 2 aliphatic rings. The smallest absolute Gasteiger partial charge is 0.342 e. The van der Waals surface area contributed by atoms with Crippen LogP contribution >= 0.6 is 11.3 Å². The molecule has 3 heterocycles. The Hall–Kier alpha value is -2.46. The van der Waals surface area contributed by atoms with Crippen molar-refractivity contribution in [3.05, 3.63) is 46.5 Å². The summed E-state index contributed by atoms with van der Waals surface area (Å²) < 4.78 is 38.1. The van der Waals surface area contributed by atoms with Crippen molar-refractivity contribution in [2.45, 2.75) is 50.7 Å². The highest BCUT2D eigenvalue weighted by Gasteiger charge is 2.32. The van der Waals surface area contributed by atoms with E-state index in [2.05, 4.69) is 15.2 Å². The predicted molar refractivity (Wildman–Crippen MR) is 120 cm³/mol. The highest BCUT2D eigenvalue weighted by Crippen LogP contribution is 2.34. The van der Waals surface area contributed by atoms with Gasteiger partial charge < -0.3 is 4.90 Å². The first kappa shape index (κ1) is 23.7. The van der Waals surface area contributed by atoms with Gasteiger partial charge in [-0.05, 0) is 56.5 Å². The lowest BCUT2D eigenvalue weighted by Crippen LogP contribution is -2.40. The number of nitrogens with zero attached hydrogens (tertiary/aromatic N) is 3. The first-order valence-corrected chi connectivity index (χ1v) is 12.1. The highest BCUT2D eigenvalue weighted by atomic mass is 32.1. The van der Waals surface area contributed by atoms with Gasteiger partial charge in [0.1, 0.15) is 0 Å². The van der Waals surface area contributed by atoms with E-state index in [0.717, 1.165) is 75.3 Å². The summed E-state index contributed by atoms with van der Waals surface area (Å²) in [6.07, 6.45) is 1.89. The zero-order valence-electron chi connectivity index (χ0n) is 18.2. The number of carbonyl (C=O) groups is 2. The lowest BCUT2D eigenvalue weighted by atomic mass is 10.1. The van der Waals surface area contributed by atoms with Crippen LogP contribution < -0.4 is 5.32 Å². The molecule has 2 aromatic rings. The van der Waals surface area contributed by atoms with E-state index >= 15 is 0 Å². The number of aromatic nitrogens is 1. The first-order chi connectivity index (χ1) is 15.8. The van der Waals surface area contributed by atoms with Gasteiger partial charge in [-0.3, -0.25) is 19.8 Å². The number of thiazole rings is 1. The SMILES string of the molecule is O=C(Nc1nc([C@H]2CCCN2CC(=O)N2CCCCCC2)cs1)c1ccc(C(F)(F)F)cc1. The standard InChI is InChI=1S/C23H27F3N4O2S/c24-23(25,26)17-9-7-16(8-10-17)21(32)28-22-27-18(15-33-22)19-6-5-13-30(19)14-20(31)29-11-3-1-2-4-12-29/h7-10,15,19H,1-6,11-14H2,(H,27,28,32)/t19-/m1/s1. The van der Waals surface area contributed by atoms with Gasteiger partial charge in [0.15, 0.2) is 5.13 Å². The van der Waals surface area contributed by atoms with E-state index in [9.17, 15) is 22.8 Å². The van der Waals surface area contributed by atoms with E-state index in [4.69, 9.17) is 0 Å². The van der Waals surface area contributed by atoms with Crippen LogP contribution in [0.4, 0.5) is 18.3 Å². The van der Waals surface area contributed by atoms with Crippen LogP contribution in [0.1, 0.15) is 66.2 Å². The summed E-state index contributed by atoms with van der Waals surface area (Å²) >= 11 is 1.27. The van der Waals surface area contributed by atoms with Gasteiger partial charge in [-0.15, -0.1) is 11.3 Å². The van der Waals surface area contributed by atoms with E-state index < -0.39 is 17.6 Å². The molecule has 4 rings (SSSR count). The van der Waals surface area contributed by atoms with Gasteiger partial charge in [-0.25, -0.2) is 4.98 Å². The maximum absolute atomic E-state index is 12.8. The number of carbonyl (C=O) groups excluding carboxylic acids is 2. The molecule has 0 radical (unpaired) electrons. The third-order valence-electron chi connectivity index (χ3n) is 6.22. The molecule has 2 aliphatic heterocycles. The Bertz CT molecular complexity index is 969. The summed E-state index contributed by atoms with van der Waals surface area (Å²) in [7, 11) is 0. The van der Waals surface area contributed by atoms with E-state index in [1.807, 2.05) is 10.3 Å². The zero-order valence-corrected chi connectivity index (χ0v) is 19.1. The summed E-state index contributed by atoms with van der Waals surface area (Å²) in [5.41, 5.74) is 0.140.